The van der Waals surface area contributed by atoms with Crippen LogP contribution < -0.4 is 5.32 Å². The molecule has 0 bridgehead atoms. The third kappa shape index (κ3) is 4.29. The van der Waals surface area contributed by atoms with Gasteiger partial charge in [0.15, 0.2) is 5.11 Å². The van der Waals surface area contributed by atoms with E-state index in [4.69, 9.17) is 17.0 Å². The first-order valence-corrected chi connectivity index (χ1v) is 12.2. The van der Waals surface area contributed by atoms with E-state index < -0.39 is 0 Å². The molecule has 2 aliphatic heterocycles. The van der Waals surface area contributed by atoms with Crippen molar-refractivity contribution in [3.05, 3.63) is 77.4 Å². The van der Waals surface area contributed by atoms with E-state index in [1.165, 1.54) is 5.56 Å². The first kappa shape index (κ1) is 22.8. The largest absolute Gasteiger partial charge is 0.506 e. The van der Waals surface area contributed by atoms with Gasteiger partial charge in [0.05, 0.1) is 36.7 Å². The summed E-state index contributed by atoms with van der Waals surface area (Å²) in [5.74, 6) is 0.265. The van der Waals surface area contributed by atoms with Crippen LogP contribution in [0.5, 0.6) is 5.75 Å². The van der Waals surface area contributed by atoms with E-state index in [9.17, 15) is 5.11 Å². The third-order valence-corrected chi connectivity index (χ3v) is 7.22. The number of phenols is 1. The Morgan fingerprint density at radius 1 is 1.09 bits per heavy atom. The van der Waals surface area contributed by atoms with Crippen molar-refractivity contribution in [2.45, 2.75) is 25.9 Å². The highest BCUT2D eigenvalue weighted by Crippen LogP contribution is 2.41. The smallest absolute Gasteiger partial charge is 0.170 e. The molecule has 2 N–H and O–H groups in total. The van der Waals surface area contributed by atoms with Crippen LogP contribution in [-0.4, -0.2) is 69.0 Å². The van der Waals surface area contributed by atoms with Crippen molar-refractivity contribution in [1.82, 2.24) is 24.7 Å². The van der Waals surface area contributed by atoms with Gasteiger partial charge >= 0.3 is 0 Å². The summed E-state index contributed by atoms with van der Waals surface area (Å²) in [6.45, 7) is 9.40. The van der Waals surface area contributed by atoms with Gasteiger partial charge in [0.2, 0.25) is 0 Å². The minimum absolute atomic E-state index is 0.00533. The van der Waals surface area contributed by atoms with Crippen molar-refractivity contribution in [3.8, 4) is 11.4 Å². The zero-order valence-corrected chi connectivity index (χ0v) is 20.5. The molecule has 3 aromatic rings. The minimum Gasteiger partial charge on any atom is -0.506 e. The minimum atomic E-state index is -0.0586. The van der Waals surface area contributed by atoms with E-state index >= 15 is 0 Å². The summed E-state index contributed by atoms with van der Waals surface area (Å²) in [6.07, 6.45) is 1.83. The normalized spacial score (nSPS) is 21.1. The number of hydrogen-bond donors (Lipinski definition) is 2. The molecule has 2 fully saturated rings. The van der Waals surface area contributed by atoms with Crippen LogP contribution in [0.25, 0.3) is 5.69 Å². The fourth-order valence-corrected chi connectivity index (χ4v) is 5.50. The molecule has 0 spiro atoms. The molecule has 0 unspecified atom stereocenters. The van der Waals surface area contributed by atoms with Crippen LogP contribution in [0.15, 0.2) is 54.7 Å². The number of benzene rings is 1. The number of thiocarbonyl (C=S) groups is 1. The molecule has 2 atom stereocenters. The summed E-state index contributed by atoms with van der Waals surface area (Å²) < 4.78 is 7.64. The molecule has 1 aromatic carbocycles. The first-order chi connectivity index (χ1) is 16.5. The van der Waals surface area contributed by atoms with Crippen molar-refractivity contribution >= 4 is 17.3 Å². The van der Waals surface area contributed by atoms with Gasteiger partial charge in [-0.05, 0) is 62.0 Å². The first-order valence-electron chi connectivity index (χ1n) is 11.8. The molecular formula is C26H31N5O2S. The fraction of sp³-hybridized carbons (Fsp3) is 0.385. The number of hydrogen-bond acceptors (Lipinski definition) is 5. The summed E-state index contributed by atoms with van der Waals surface area (Å²) >= 11 is 5.86. The third-order valence-electron chi connectivity index (χ3n) is 6.87. The Hall–Kier alpha value is -2.94. The van der Waals surface area contributed by atoms with Crippen molar-refractivity contribution in [2.75, 3.05) is 39.4 Å². The highest BCUT2D eigenvalue weighted by Gasteiger charge is 2.41. The molecule has 2 aliphatic rings. The van der Waals surface area contributed by atoms with Crippen LogP contribution in [0, 0.1) is 13.8 Å². The molecule has 7 nitrogen and oxygen atoms in total. The van der Waals surface area contributed by atoms with Crippen molar-refractivity contribution in [2.24, 2.45) is 0 Å². The second-order valence-electron chi connectivity index (χ2n) is 8.92. The molecular weight excluding hydrogens is 446 g/mol. The number of ether oxygens (including phenoxy) is 1. The molecule has 34 heavy (non-hydrogen) atoms. The maximum atomic E-state index is 10.5. The second kappa shape index (κ2) is 9.74. The molecule has 0 aliphatic carbocycles. The van der Waals surface area contributed by atoms with Gasteiger partial charge in [0.25, 0.3) is 0 Å². The molecule has 0 radical (unpaired) electrons. The Morgan fingerprint density at radius 3 is 2.59 bits per heavy atom. The van der Waals surface area contributed by atoms with Crippen molar-refractivity contribution < 1.29 is 9.84 Å². The van der Waals surface area contributed by atoms with Crippen LogP contribution >= 0.6 is 12.2 Å². The van der Waals surface area contributed by atoms with E-state index in [0.29, 0.717) is 0 Å². The Labute approximate surface area is 206 Å². The van der Waals surface area contributed by atoms with Gasteiger partial charge in [0.1, 0.15) is 5.75 Å². The number of phenolic OH excluding ortho intramolecular Hbond substituents is 1. The Morgan fingerprint density at radius 2 is 1.85 bits per heavy atom. The topological polar surface area (TPSA) is 65.8 Å². The number of morpholine rings is 1. The number of para-hydroxylation sites is 2. The van der Waals surface area contributed by atoms with E-state index in [2.05, 4.69) is 50.6 Å². The summed E-state index contributed by atoms with van der Waals surface area (Å²) in [4.78, 5) is 9.40. The predicted octanol–water partition coefficient (Wildman–Crippen LogP) is 3.50. The van der Waals surface area contributed by atoms with Gasteiger partial charge in [0, 0.05) is 43.8 Å². The fourth-order valence-electron chi connectivity index (χ4n) is 5.17. The molecule has 2 aromatic heterocycles. The quantitative estimate of drug-likeness (QED) is 0.527. The van der Waals surface area contributed by atoms with E-state index in [-0.39, 0.29) is 17.8 Å². The molecule has 178 valence electrons. The van der Waals surface area contributed by atoms with Crippen molar-refractivity contribution in [1.29, 1.82) is 0 Å². The lowest BCUT2D eigenvalue weighted by atomic mass is 9.96. The Balaban J connectivity index is 1.53. The van der Waals surface area contributed by atoms with Gasteiger partial charge in [-0.25, -0.2) is 0 Å². The Kier molecular flexibility index (Phi) is 6.54. The van der Waals surface area contributed by atoms with Crippen LogP contribution in [0.3, 0.4) is 0 Å². The molecule has 8 heteroatoms. The lowest BCUT2D eigenvalue weighted by molar-refractivity contribution is 0.0350. The molecule has 5 rings (SSSR count). The predicted molar refractivity (Wildman–Crippen MR) is 136 cm³/mol. The molecule has 2 saturated heterocycles. The molecule has 4 heterocycles. The average molecular weight is 478 g/mol. The van der Waals surface area contributed by atoms with E-state index in [1.807, 2.05) is 36.5 Å². The van der Waals surface area contributed by atoms with E-state index in [1.54, 1.807) is 6.07 Å². The van der Waals surface area contributed by atoms with Crippen LogP contribution in [0.4, 0.5) is 0 Å². The Bertz CT molecular complexity index is 1160. The number of aromatic hydroxyl groups is 1. The maximum absolute atomic E-state index is 10.5. The highest BCUT2D eigenvalue weighted by atomic mass is 32.1. The highest BCUT2D eigenvalue weighted by molar-refractivity contribution is 7.80. The SMILES string of the molecule is Cc1cc([C@@H]2[C@@H](c3ccccn3)NC(=S)N2CCN2CCOCC2)c(C)n1-c1ccccc1O. The van der Waals surface area contributed by atoms with Crippen molar-refractivity contribution in [3.63, 3.8) is 0 Å². The summed E-state index contributed by atoms with van der Waals surface area (Å²) in [5.41, 5.74) is 5.10. The van der Waals surface area contributed by atoms with Crippen LogP contribution in [-0.2, 0) is 4.74 Å². The van der Waals surface area contributed by atoms with Gasteiger partial charge in [-0.1, -0.05) is 18.2 Å². The summed E-state index contributed by atoms with van der Waals surface area (Å²) in [5, 5.41) is 14.9. The summed E-state index contributed by atoms with van der Waals surface area (Å²) in [6, 6.07) is 15.6. The van der Waals surface area contributed by atoms with Crippen LogP contribution in [0.2, 0.25) is 0 Å². The van der Waals surface area contributed by atoms with Gasteiger partial charge in [-0.15, -0.1) is 0 Å². The number of nitrogens with zero attached hydrogens (tertiary/aromatic N) is 4. The zero-order valence-electron chi connectivity index (χ0n) is 19.6. The lowest BCUT2D eigenvalue weighted by Crippen LogP contribution is -2.42. The standard InChI is InChI=1S/C26H31N5O2S/c1-18-17-20(19(2)31(18)22-8-3-4-9-23(22)32)25-24(21-7-5-6-10-27-21)28-26(34)30(25)12-11-29-13-15-33-16-14-29/h3-10,17,24-25,32H,11-16H2,1-2H3,(H,28,34)/t24-,25-/m1/s1. The van der Waals surface area contributed by atoms with E-state index in [0.717, 1.165) is 67.3 Å². The monoisotopic (exact) mass is 477 g/mol. The lowest BCUT2D eigenvalue weighted by Gasteiger charge is -2.32. The number of aryl methyl sites for hydroxylation is 1. The summed E-state index contributed by atoms with van der Waals surface area (Å²) in [7, 11) is 0. The zero-order chi connectivity index (χ0) is 23.7. The number of rotatable bonds is 6. The number of pyridine rings is 1. The van der Waals surface area contributed by atoms with Gasteiger partial charge in [-0.3, -0.25) is 9.88 Å². The van der Waals surface area contributed by atoms with Gasteiger partial charge < -0.3 is 24.6 Å². The number of aromatic nitrogens is 2. The van der Waals surface area contributed by atoms with Gasteiger partial charge in [-0.2, -0.15) is 0 Å². The van der Waals surface area contributed by atoms with Crippen LogP contribution in [0.1, 0.15) is 34.7 Å². The maximum Gasteiger partial charge on any atom is 0.170 e. The molecule has 0 saturated carbocycles. The number of nitrogens with one attached hydrogen (secondary N) is 1. The second-order valence-corrected chi connectivity index (χ2v) is 9.31. The molecule has 0 amide bonds. The average Bonchev–Trinajstić information content (AvgIpc) is 3.34.